The first-order valence-electron chi connectivity index (χ1n) is 8.75. The van der Waals surface area contributed by atoms with Gasteiger partial charge in [0.1, 0.15) is 6.29 Å². The van der Waals surface area contributed by atoms with E-state index in [1.54, 1.807) is 19.2 Å². The van der Waals surface area contributed by atoms with E-state index in [2.05, 4.69) is 15.8 Å². The van der Waals surface area contributed by atoms with Crippen LogP contribution in [-0.2, 0) is 22.7 Å². The van der Waals surface area contributed by atoms with Gasteiger partial charge in [0.2, 0.25) is 11.8 Å². The van der Waals surface area contributed by atoms with Gasteiger partial charge in [0.05, 0.1) is 11.7 Å². The highest BCUT2D eigenvalue weighted by atomic mass is 16.5. The average Bonchev–Trinajstić information content (AvgIpc) is 3.10. The summed E-state index contributed by atoms with van der Waals surface area (Å²) >= 11 is 0. The Labute approximate surface area is 156 Å². The molecule has 0 aliphatic carbocycles. The number of piperidine rings is 1. The maximum atomic E-state index is 12.1. The number of rotatable bonds is 7. The maximum Gasteiger partial charge on any atom is 0.243 e. The molecule has 0 radical (unpaired) electrons. The summed E-state index contributed by atoms with van der Waals surface area (Å²) in [4.78, 5) is 36.9. The number of likely N-dealkylation sites (N-methyl/N-ethyl adjacent to an activating group) is 1. The predicted molar refractivity (Wildman–Crippen MR) is 97.7 cm³/mol. The number of hydrogen-bond donors (Lipinski definition) is 2. The highest BCUT2D eigenvalue weighted by Crippen LogP contribution is 2.28. The van der Waals surface area contributed by atoms with Crippen LogP contribution in [0.1, 0.15) is 34.5 Å². The minimum Gasteiger partial charge on any atom is -0.356 e. The fraction of sp³-hybridized carbons (Fsp3) is 0.368. The normalized spacial score (nSPS) is 17.2. The molecule has 0 spiro atoms. The lowest BCUT2D eigenvalue weighted by molar-refractivity contribution is -0.137. The zero-order chi connectivity index (χ0) is 19.4. The third-order valence-corrected chi connectivity index (χ3v) is 4.67. The molecular weight excluding hydrogens is 348 g/mol. The number of nitrogens with zero attached hydrogens (tertiary/aromatic N) is 2. The Morgan fingerprint density at radius 2 is 2.22 bits per heavy atom. The molecule has 2 heterocycles. The topological polar surface area (TPSA) is 105 Å². The van der Waals surface area contributed by atoms with Gasteiger partial charge in [0.15, 0.2) is 5.76 Å². The van der Waals surface area contributed by atoms with Gasteiger partial charge < -0.3 is 9.84 Å². The molecule has 2 aromatic rings. The third kappa shape index (κ3) is 4.12. The lowest BCUT2D eigenvalue weighted by Crippen LogP contribution is -2.51. The molecule has 0 bridgehead atoms. The lowest BCUT2D eigenvalue weighted by atomic mass is 9.97. The summed E-state index contributed by atoms with van der Waals surface area (Å²) < 4.78 is 5.46. The largest absolute Gasteiger partial charge is 0.356 e. The quantitative estimate of drug-likeness (QED) is 0.556. The molecule has 1 fully saturated rings. The standard InChI is InChI=1S/C19H22N4O4/c1-20-9-13-8-17(27-22-13)14-5-3-4-12(11-24)15(14)10-23(2)16-6-7-18(25)21-19(16)26/h3-5,8,11,16,20H,6-7,9-10H2,1-2H3,(H,21,25,26). The van der Waals surface area contributed by atoms with E-state index in [0.717, 1.165) is 23.1 Å². The van der Waals surface area contributed by atoms with E-state index in [1.807, 2.05) is 24.1 Å². The number of benzene rings is 1. The minimum absolute atomic E-state index is 0.252. The van der Waals surface area contributed by atoms with Gasteiger partial charge in [-0.15, -0.1) is 0 Å². The van der Waals surface area contributed by atoms with Crippen molar-refractivity contribution in [2.45, 2.75) is 32.0 Å². The molecule has 8 heteroatoms. The number of amides is 2. The van der Waals surface area contributed by atoms with Crippen LogP contribution in [0.15, 0.2) is 28.8 Å². The predicted octanol–water partition coefficient (Wildman–Crippen LogP) is 1.11. The number of aromatic nitrogens is 1. The van der Waals surface area contributed by atoms with E-state index in [9.17, 15) is 14.4 Å². The molecule has 1 unspecified atom stereocenters. The number of carbonyl (C=O) groups is 3. The van der Waals surface area contributed by atoms with Crippen LogP contribution in [0.3, 0.4) is 0 Å². The number of hydrogen-bond acceptors (Lipinski definition) is 7. The second kappa shape index (κ2) is 8.24. The molecule has 27 heavy (non-hydrogen) atoms. The summed E-state index contributed by atoms with van der Waals surface area (Å²) in [5, 5.41) is 9.40. The Hall–Kier alpha value is -2.84. The summed E-state index contributed by atoms with van der Waals surface area (Å²) in [5.41, 5.74) is 2.80. The molecule has 2 amide bonds. The molecule has 3 rings (SSSR count). The van der Waals surface area contributed by atoms with Gasteiger partial charge in [-0.3, -0.25) is 24.6 Å². The van der Waals surface area contributed by atoms with Crippen LogP contribution >= 0.6 is 0 Å². The summed E-state index contributed by atoms with van der Waals surface area (Å²) in [5.74, 6) is 0.00262. The zero-order valence-corrected chi connectivity index (χ0v) is 15.3. The van der Waals surface area contributed by atoms with Crippen molar-refractivity contribution >= 4 is 18.1 Å². The van der Waals surface area contributed by atoms with Crippen LogP contribution in [0.2, 0.25) is 0 Å². The highest BCUT2D eigenvalue weighted by Gasteiger charge is 2.30. The molecule has 1 aromatic heterocycles. The second-order valence-corrected chi connectivity index (χ2v) is 6.59. The lowest BCUT2D eigenvalue weighted by Gasteiger charge is -2.30. The molecule has 142 valence electrons. The maximum absolute atomic E-state index is 12.1. The summed E-state index contributed by atoms with van der Waals surface area (Å²) in [6.45, 7) is 0.932. The Morgan fingerprint density at radius 3 is 2.93 bits per heavy atom. The number of imide groups is 1. The second-order valence-electron chi connectivity index (χ2n) is 6.59. The van der Waals surface area contributed by atoms with Crippen molar-refractivity contribution in [3.8, 4) is 11.3 Å². The molecule has 1 aromatic carbocycles. The van der Waals surface area contributed by atoms with Crippen LogP contribution in [0, 0.1) is 0 Å². The van der Waals surface area contributed by atoms with Crippen molar-refractivity contribution in [3.63, 3.8) is 0 Å². The monoisotopic (exact) mass is 370 g/mol. The number of carbonyl (C=O) groups excluding carboxylic acids is 3. The van der Waals surface area contributed by atoms with Gasteiger partial charge in [-0.25, -0.2) is 0 Å². The Balaban J connectivity index is 1.90. The van der Waals surface area contributed by atoms with E-state index < -0.39 is 6.04 Å². The van der Waals surface area contributed by atoms with E-state index in [4.69, 9.17) is 4.52 Å². The minimum atomic E-state index is -0.426. The summed E-state index contributed by atoms with van der Waals surface area (Å²) in [6.07, 6.45) is 1.55. The Bertz CT molecular complexity index is 861. The van der Waals surface area contributed by atoms with Gasteiger partial charge in [0, 0.05) is 36.7 Å². The Morgan fingerprint density at radius 1 is 1.41 bits per heavy atom. The van der Waals surface area contributed by atoms with Crippen LogP contribution in [0.4, 0.5) is 0 Å². The molecule has 8 nitrogen and oxygen atoms in total. The summed E-state index contributed by atoms with van der Waals surface area (Å²) in [7, 11) is 3.62. The smallest absolute Gasteiger partial charge is 0.243 e. The fourth-order valence-electron chi connectivity index (χ4n) is 3.29. The zero-order valence-electron chi connectivity index (χ0n) is 15.3. The van der Waals surface area contributed by atoms with Crippen LogP contribution in [-0.4, -0.2) is 48.3 Å². The Kier molecular flexibility index (Phi) is 5.78. The molecule has 1 atom stereocenters. The van der Waals surface area contributed by atoms with E-state index >= 15 is 0 Å². The SMILES string of the molecule is CNCc1cc(-c2cccc(C=O)c2CN(C)C2CCC(=O)NC2=O)on1. The van der Waals surface area contributed by atoms with E-state index in [0.29, 0.717) is 37.3 Å². The highest BCUT2D eigenvalue weighted by molar-refractivity contribution is 6.00. The molecule has 1 aliphatic heterocycles. The fourth-order valence-corrected chi connectivity index (χ4v) is 3.29. The van der Waals surface area contributed by atoms with E-state index in [1.165, 1.54) is 0 Å². The molecule has 1 saturated heterocycles. The third-order valence-electron chi connectivity index (χ3n) is 4.67. The van der Waals surface area contributed by atoms with Crippen molar-refractivity contribution in [2.75, 3.05) is 14.1 Å². The van der Waals surface area contributed by atoms with Crippen molar-refractivity contribution in [2.24, 2.45) is 0 Å². The van der Waals surface area contributed by atoms with Gasteiger partial charge >= 0.3 is 0 Å². The van der Waals surface area contributed by atoms with Crippen molar-refractivity contribution < 1.29 is 18.9 Å². The summed E-state index contributed by atoms with van der Waals surface area (Å²) in [6, 6.07) is 6.79. The van der Waals surface area contributed by atoms with Gasteiger partial charge in [-0.1, -0.05) is 23.4 Å². The van der Waals surface area contributed by atoms with Gasteiger partial charge in [0.25, 0.3) is 0 Å². The number of nitrogens with one attached hydrogen (secondary N) is 2. The molecular formula is C19H22N4O4. The van der Waals surface area contributed by atoms with Crippen LogP contribution < -0.4 is 10.6 Å². The average molecular weight is 370 g/mol. The number of aldehydes is 1. The van der Waals surface area contributed by atoms with Crippen molar-refractivity contribution in [1.29, 1.82) is 0 Å². The molecule has 2 N–H and O–H groups in total. The van der Waals surface area contributed by atoms with Crippen LogP contribution in [0.25, 0.3) is 11.3 Å². The van der Waals surface area contributed by atoms with Gasteiger partial charge in [-0.05, 0) is 26.1 Å². The van der Waals surface area contributed by atoms with Crippen molar-refractivity contribution in [3.05, 3.63) is 41.1 Å². The van der Waals surface area contributed by atoms with E-state index in [-0.39, 0.29) is 11.8 Å². The molecule has 0 saturated carbocycles. The molecule has 1 aliphatic rings. The first-order chi connectivity index (χ1) is 13.0. The first kappa shape index (κ1) is 18.9. The van der Waals surface area contributed by atoms with Crippen molar-refractivity contribution in [1.82, 2.24) is 20.7 Å². The van der Waals surface area contributed by atoms with Gasteiger partial charge in [-0.2, -0.15) is 0 Å². The first-order valence-corrected chi connectivity index (χ1v) is 8.75. The van der Waals surface area contributed by atoms with Crippen LogP contribution in [0.5, 0.6) is 0 Å².